The molecule has 1 N–H and O–H groups in total. The van der Waals surface area contributed by atoms with Crippen molar-refractivity contribution in [3.63, 3.8) is 0 Å². The summed E-state index contributed by atoms with van der Waals surface area (Å²) in [5, 5.41) is 11.0. The van der Waals surface area contributed by atoms with E-state index in [1.165, 1.54) is 0 Å². The van der Waals surface area contributed by atoms with Crippen molar-refractivity contribution in [2.75, 3.05) is 19.6 Å². The number of nitrogens with zero attached hydrogens (tertiary/aromatic N) is 4. The van der Waals surface area contributed by atoms with Gasteiger partial charge in [0.1, 0.15) is 5.60 Å². The molecule has 41 heavy (non-hydrogen) atoms. The Morgan fingerprint density at radius 1 is 0.951 bits per heavy atom. The number of aromatic nitrogens is 2. The molecule has 1 aliphatic heterocycles. The molecule has 218 valence electrons. The Bertz CT molecular complexity index is 1320. The number of benzene rings is 2. The van der Waals surface area contributed by atoms with Gasteiger partial charge in [-0.1, -0.05) is 79.9 Å². The van der Waals surface area contributed by atoms with Crippen LogP contribution in [0.2, 0.25) is 0 Å². The van der Waals surface area contributed by atoms with Crippen LogP contribution in [0.1, 0.15) is 75.0 Å². The van der Waals surface area contributed by atoms with Crippen LogP contribution in [0.15, 0.2) is 67.0 Å². The maximum absolute atomic E-state index is 14.4. The van der Waals surface area contributed by atoms with Gasteiger partial charge in [0.2, 0.25) is 0 Å². The number of aliphatic hydroxyl groups is 1. The van der Waals surface area contributed by atoms with Crippen molar-refractivity contribution in [3.8, 4) is 11.3 Å². The van der Waals surface area contributed by atoms with Crippen molar-refractivity contribution < 1.29 is 19.4 Å². The molecule has 8 nitrogen and oxygen atoms in total. The van der Waals surface area contributed by atoms with Crippen molar-refractivity contribution in [2.45, 2.75) is 83.1 Å². The fourth-order valence-corrected chi connectivity index (χ4v) is 6.06. The molecule has 3 aromatic rings. The van der Waals surface area contributed by atoms with Crippen molar-refractivity contribution >= 4 is 12.0 Å². The lowest BCUT2D eigenvalue weighted by atomic mass is 10.0. The number of rotatable bonds is 5. The number of imidazole rings is 1. The van der Waals surface area contributed by atoms with Crippen LogP contribution in [0, 0.1) is 0 Å². The number of carbonyl (C=O) groups is 2. The summed E-state index contributed by atoms with van der Waals surface area (Å²) in [6, 6.07) is 19.5. The van der Waals surface area contributed by atoms with Crippen LogP contribution >= 0.6 is 0 Å². The topological polar surface area (TPSA) is 87.9 Å². The van der Waals surface area contributed by atoms with Crippen LogP contribution in [-0.4, -0.2) is 73.8 Å². The fourth-order valence-electron chi connectivity index (χ4n) is 6.06. The van der Waals surface area contributed by atoms with Crippen molar-refractivity contribution in [2.24, 2.45) is 0 Å². The monoisotopic (exact) mass is 558 g/mol. The van der Waals surface area contributed by atoms with Gasteiger partial charge in [-0.05, 0) is 45.6 Å². The lowest BCUT2D eigenvalue weighted by Crippen LogP contribution is -2.58. The predicted molar refractivity (Wildman–Crippen MR) is 159 cm³/mol. The highest BCUT2D eigenvalue weighted by Crippen LogP contribution is 2.34. The second-order valence-corrected chi connectivity index (χ2v) is 12.3. The summed E-state index contributed by atoms with van der Waals surface area (Å²) in [4.78, 5) is 35.7. The Labute approximate surface area is 242 Å². The Morgan fingerprint density at radius 3 is 2.34 bits per heavy atom. The van der Waals surface area contributed by atoms with E-state index in [9.17, 15) is 14.7 Å². The first kappa shape index (κ1) is 28.9. The zero-order chi connectivity index (χ0) is 29.0. The normalized spacial score (nSPS) is 21.8. The quantitative estimate of drug-likeness (QED) is 0.405. The molecule has 0 radical (unpaired) electrons. The van der Waals surface area contributed by atoms with E-state index in [-0.39, 0.29) is 24.1 Å². The number of amides is 2. The van der Waals surface area contributed by atoms with E-state index in [2.05, 4.69) is 0 Å². The minimum absolute atomic E-state index is 0.133. The summed E-state index contributed by atoms with van der Waals surface area (Å²) in [5.74, 6) is -0.157. The Morgan fingerprint density at radius 2 is 1.63 bits per heavy atom. The number of hydrogen-bond donors (Lipinski definition) is 1. The highest BCUT2D eigenvalue weighted by Gasteiger charge is 2.37. The summed E-state index contributed by atoms with van der Waals surface area (Å²) in [5.41, 5.74) is 2.53. The van der Waals surface area contributed by atoms with Gasteiger partial charge >= 0.3 is 6.09 Å². The molecule has 1 aromatic heterocycles. The average Bonchev–Trinajstić information content (AvgIpc) is 3.28. The fraction of sp³-hybridized carbons (Fsp3) is 0.485. The van der Waals surface area contributed by atoms with E-state index in [4.69, 9.17) is 9.72 Å². The minimum atomic E-state index is -0.598. The molecule has 1 aliphatic carbocycles. The highest BCUT2D eigenvalue weighted by molar-refractivity contribution is 5.98. The van der Waals surface area contributed by atoms with Gasteiger partial charge in [0.05, 0.1) is 30.2 Å². The number of carbonyl (C=O) groups excluding carboxylic acids is 2. The summed E-state index contributed by atoms with van der Waals surface area (Å²) in [6.07, 6.45) is 6.21. The van der Waals surface area contributed by atoms with Crippen LogP contribution in [0.4, 0.5) is 4.79 Å². The Balaban J connectivity index is 1.49. The molecule has 1 saturated carbocycles. The second-order valence-electron chi connectivity index (χ2n) is 12.3. The zero-order valence-electron chi connectivity index (χ0n) is 24.4. The first-order valence-corrected chi connectivity index (χ1v) is 14.8. The number of hydrogen-bond acceptors (Lipinski definition) is 5. The second kappa shape index (κ2) is 12.5. The van der Waals surface area contributed by atoms with Crippen LogP contribution in [0.3, 0.4) is 0 Å². The van der Waals surface area contributed by atoms with Crippen molar-refractivity contribution in [3.05, 3.63) is 78.2 Å². The molecule has 2 fully saturated rings. The van der Waals surface area contributed by atoms with Gasteiger partial charge in [-0.15, -0.1) is 0 Å². The van der Waals surface area contributed by atoms with Crippen molar-refractivity contribution in [1.82, 2.24) is 19.4 Å². The lowest BCUT2D eigenvalue weighted by molar-refractivity contribution is 0.00429. The summed E-state index contributed by atoms with van der Waals surface area (Å²) in [7, 11) is 0. The van der Waals surface area contributed by atoms with Gasteiger partial charge in [0.25, 0.3) is 5.91 Å². The SMILES string of the molecule is CC(C)(C)OC(=O)N1CCN(C(=O)c2ncn([C@H]3CCCCC[C@H]3O)c2-c2ccccc2)[C@H](Cc2ccccc2)C1. The molecule has 3 atom stereocenters. The van der Waals surface area contributed by atoms with Crippen LogP contribution in [0.5, 0.6) is 0 Å². The van der Waals surface area contributed by atoms with E-state index < -0.39 is 11.7 Å². The van der Waals surface area contributed by atoms with E-state index in [0.717, 1.165) is 48.9 Å². The summed E-state index contributed by atoms with van der Waals surface area (Å²) in [6.45, 7) is 6.71. The zero-order valence-corrected chi connectivity index (χ0v) is 24.4. The Hall–Kier alpha value is -3.65. The lowest BCUT2D eigenvalue weighted by Gasteiger charge is -2.41. The maximum atomic E-state index is 14.4. The van der Waals surface area contributed by atoms with Gasteiger partial charge in [0, 0.05) is 25.2 Å². The first-order chi connectivity index (χ1) is 19.7. The summed E-state index contributed by atoms with van der Waals surface area (Å²) < 4.78 is 7.70. The molecular formula is C33H42N4O4. The molecule has 1 saturated heterocycles. The highest BCUT2D eigenvalue weighted by atomic mass is 16.6. The molecule has 2 aromatic carbocycles. The number of aliphatic hydroxyl groups excluding tert-OH is 1. The molecule has 5 rings (SSSR count). The third-order valence-corrected chi connectivity index (χ3v) is 8.05. The van der Waals surface area contributed by atoms with Gasteiger partial charge in [-0.3, -0.25) is 4.79 Å². The third kappa shape index (κ3) is 6.81. The van der Waals surface area contributed by atoms with Crippen LogP contribution in [0.25, 0.3) is 11.3 Å². The van der Waals surface area contributed by atoms with Gasteiger partial charge in [-0.25, -0.2) is 9.78 Å². The average molecular weight is 559 g/mol. The number of piperazine rings is 1. The van der Waals surface area contributed by atoms with E-state index in [1.807, 2.05) is 90.9 Å². The first-order valence-electron chi connectivity index (χ1n) is 14.8. The van der Waals surface area contributed by atoms with E-state index >= 15 is 0 Å². The molecular weight excluding hydrogens is 516 g/mol. The largest absolute Gasteiger partial charge is 0.444 e. The maximum Gasteiger partial charge on any atom is 0.410 e. The number of ether oxygens (including phenoxy) is 1. The standard InChI is InChI=1S/C33H42N4O4/c1-33(2,3)41-32(40)35-19-20-36(26(22-35)21-24-13-7-4-8-14-24)31(39)29-30(25-15-9-5-10-16-25)37(23-34-29)27-17-11-6-12-18-28(27)38/h4-5,7-10,13-16,23,26-28,38H,6,11-12,17-22H2,1-3H3/t26-,27+,28-/m1/s1. The van der Waals surface area contributed by atoms with Crippen LogP contribution < -0.4 is 0 Å². The molecule has 0 unspecified atom stereocenters. The predicted octanol–water partition coefficient (Wildman–Crippen LogP) is 5.72. The summed E-state index contributed by atoms with van der Waals surface area (Å²) >= 11 is 0. The van der Waals surface area contributed by atoms with Gasteiger partial charge < -0.3 is 24.2 Å². The molecule has 2 amide bonds. The van der Waals surface area contributed by atoms with Crippen LogP contribution in [-0.2, 0) is 11.2 Å². The minimum Gasteiger partial charge on any atom is -0.444 e. The van der Waals surface area contributed by atoms with E-state index in [0.29, 0.717) is 31.7 Å². The van der Waals surface area contributed by atoms with Gasteiger partial charge in [-0.2, -0.15) is 0 Å². The molecule has 2 aliphatic rings. The smallest absolute Gasteiger partial charge is 0.410 e. The third-order valence-electron chi connectivity index (χ3n) is 8.05. The molecule has 8 heteroatoms. The molecule has 0 spiro atoms. The van der Waals surface area contributed by atoms with E-state index in [1.54, 1.807) is 11.2 Å². The molecule has 0 bridgehead atoms. The van der Waals surface area contributed by atoms with Gasteiger partial charge in [0.15, 0.2) is 5.69 Å². The molecule has 2 heterocycles. The Kier molecular flexibility index (Phi) is 8.78. The van der Waals surface area contributed by atoms with Crippen molar-refractivity contribution in [1.29, 1.82) is 0 Å².